The summed E-state index contributed by atoms with van der Waals surface area (Å²) < 4.78 is 0. The van der Waals surface area contributed by atoms with Crippen molar-refractivity contribution in [1.82, 2.24) is 0 Å². The molecule has 12 heavy (non-hydrogen) atoms. The zero-order valence-corrected chi connectivity index (χ0v) is 7.69. The third-order valence-electron chi connectivity index (χ3n) is 1.58. The van der Waals surface area contributed by atoms with Crippen molar-refractivity contribution in [3.63, 3.8) is 0 Å². The van der Waals surface area contributed by atoms with Gasteiger partial charge in [-0.15, -0.1) is 11.8 Å². The molecule has 1 nitrogen and oxygen atoms in total. The fraction of sp³-hybridized carbons (Fsp3) is 0.100. The third-order valence-corrected chi connectivity index (χ3v) is 2.38. The summed E-state index contributed by atoms with van der Waals surface area (Å²) in [6, 6.07) is 7.90. The van der Waals surface area contributed by atoms with Crippen LogP contribution in [0.5, 0.6) is 0 Å². The van der Waals surface area contributed by atoms with Crippen LogP contribution in [-0.2, 0) is 0 Å². The van der Waals surface area contributed by atoms with Crippen LogP contribution >= 0.6 is 11.8 Å². The highest BCUT2D eigenvalue weighted by molar-refractivity contribution is 7.98. The molecule has 1 aromatic rings. The first-order valence-corrected chi connectivity index (χ1v) is 4.75. The highest BCUT2D eigenvalue weighted by Crippen LogP contribution is 2.20. The minimum Gasteiger partial charge on any atom is -0.192 e. The Balaban J connectivity index is 3.21. The first kappa shape index (κ1) is 8.89. The van der Waals surface area contributed by atoms with Crippen molar-refractivity contribution in [2.24, 2.45) is 0 Å². The summed E-state index contributed by atoms with van der Waals surface area (Å²) >= 11 is 1.58. The van der Waals surface area contributed by atoms with Crippen molar-refractivity contribution in [1.29, 1.82) is 5.26 Å². The third kappa shape index (κ3) is 1.69. The van der Waals surface area contributed by atoms with E-state index < -0.39 is 0 Å². The summed E-state index contributed by atoms with van der Waals surface area (Å²) in [4.78, 5) is 1.02. The van der Waals surface area contributed by atoms with E-state index in [-0.39, 0.29) is 0 Å². The molecular formula is C10H9NS. The second-order valence-electron chi connectivity index (χ2n) is 2.28. The van der Waals surface area contributed by atoms with Crippen molar-refractivity contribution >= 4 is 17.8 Å². The number of benzene rings is 1. The number of hydrogen-bond acceptors (Lipinski definition) is 2. The zero-order valence-electron chi connectivity index (χ0n) is 6.87. The van der Waals surface area contributed by atoms with Crippen LogP contribution in [0.15, 0.2) is 29.7 Å². The lowest BCUT2D eigenvalue weighted by Gasteiger charge is -2.00. The average molecular weight is 175 g/mol. The number of rotatable bonds is 2. The predicted octanol–water partition coefficient (Wildman–Crippen LogP) is 2.92. The quantitative estimate of drug-likeness (QED) is 0.645. The molecule has 0 radical (unpaired) electrons. The SMILES string of the molecule is C=Cc1ccc(SC)c(C#N)c1. The number of hydrogen-bond donors (Lipinski definition) is 0. The van der Waals surface area contributed by atoms with Crippen LogP contribution in [-0.4, -0.2) is 6.26 Å². The molecule has 0 aromatic heterocycles. The van der Waals surface area contributed by atoms with Crippen LogP contribution in [0, 0.1) is 11.3 Å². The highest BCUT2D eigenvalue weighted by atomic mass is 32.2. The van der Waals surface area contributed by atoms with Gasteiger partial charge in [0.15, 0.2) is 0 Å². The Morgan fingerprint density at radius 1 is 1.58 bits per heavy atom. The van der Waals surface area contributed by atoms with Crippen molar-refractivity contribution in [3.8, 4) is 6.07 Å². The molecule has 60 valence electrons. The van der Waals surface area contributed by atoms with Gasteiger partial charge in [0.2, 0.25) is 0 Å². The molecule has 0 aliphatic carbocycles. The van der Waals surface area contributed by atoms with Gasteiger partial charge in [-0.05, 0) is 24.0 Å². The first-order chi connectivity index (χ1) is 5.81. The molecular weight excluding hydrogens is 166 g/mol. The normalized spacial score (nSPS) is 9.00. The Morgan fingerprint density at radius 2 is 2.33 bits per heavy atom. The zero-order chi connectivity index (χ0) is 8.97. The van der Waals surface area contributed by atoms with E-state index in [1.165, 1.54) is 0 Å². The molecule has 0 N–H and O–H groups in total. The Kier molecular flexibility index (Phi) is 2.95. The number of nitrogens with zero attached hydrogens (tertiary/aromatic N) is 1. The van der Waals surface area contributed by atoms with E-state index in [1.54, 1.807) is 17.8 Å². The van der Waals surface area contributed by atoms with E-state index in [1.807, 2.05) is 24.5 Å². The minimum atomic E-state index is 0.722. The van der Waals surface area contributed by atoms with Crippen molar-refractivity contribution < 1.29 is 0 Å². The molecule has 0 fully saturated rings. The summed E-state index contributed by atoms with van der Waals surface area (Å²) in [5.74, 6) is 0. The Labute approximate surface area is 76.7 Å². The smallest absolute Gasteiger partial charge is 0.100 e. The standard InChI is InChI=1S/C10H9NS/c1-3-8-4-5-10(12-2)9(6-8)7-11/h3-6H,1H2,2H3. The van der Waals surface area contributed by atoms with E-state index >= 15 is 0 Å². The van der Waals surface area contributed by atoms with Gasteiger partial charge < -0.3 is 0 Å². The summed E-state index contributed by atoms with van der Waals surface area (Å²) in [5, 5.41) is 8.77. The van der Waals surface area contributed by atoms with Gasteiger partial charge in [0.05, 0.1) is 5.56 Å². The van der Waals surface area contributed by atoms with E-state index in [0.717, 1.165) is 16.0 Å². The van der Waals surface area contributed by atoms with E-state index in [2.05, 4.69) is 12.6 Å². The predicted molar refractivity (Wildman–Crippen MR) is 53.0 cm³/mol. The maximum atomic E-state index is 8.77. The molecule has 0 unspecified atom stereocenters. The van der Waals surface area contributed by atoms with E-state index in [9.17, 15) is 0 Å². The van der Waals surface area contributed by atoms with Gasteiger partial charge in [0, 0.05) is 4.90 Å². The topological polar surface area (TPSA) is 23.8 Å². The molecule has 1 aromatic carbocycles. The van der Waals surface area contributed by atoms with Gasteiger partial charge in [0.25, 0.3) is 0 Å². The highest BCUT2D eigenvalue weighted by Gasteiger charge is 1.99. The van der Waals surface area contributed by atoms with Crippen molar-refractivity contribution in [2.75, 3.05) is 6.26 Å². The van der Waals surface area contributed by atoms with Gasteiger partial charge in [-0.3, -0.25) is 0 Å². The average Bonchev–Trinajstić information content (AvgIpc) is 2.16. The molecule has 0 saturated heterocycles. The summed E-state index contributed by atoms with van der Waals surface area (Å²) in [7, 11) is 0. The van der Waals surface area contributed by atoms with Crippen molar-refractivity contribution in [2.45, 2.75) is 4.90 Å². The Morgan fingerprint density at radius 3 is 2.83 bits per heavy atom. The van der Waals surface area contributed by atoms with Crippen molar-refractivity contribution in [3.05, 3.63) is 35.9 Å². The Hall–Kier alpha value is -1.20. The minimum absolute atomic E-state index is 0.722. The lowest BCUT2D eigenvalue weighted by molar-refractivity contribution is 1.36. The molecule has 0 aliphatic heterocycles. The van der Waals surface area contributed by atoms with Gasteiger partial charge >= 0.3 is 0 Å². The molecule has 0 heterocycles. The van der Waals surface area contributed by atoms with Crippen LogP contribution in [0.1, 0.15) is 11.1 Å². The lowest BCUT2D eigenvalue weighted by atomic mass is 10.1. The maximum Gasteiger partial charge on any atom is 0.100 e. The first-order valence-electron chi connectivity index (χ1n) is 3.52. The molecule has 0 aliphatic rings. The largest absolute Gasteiger partial charge is 0.192 e. The number of nitriles is 1. The molecule has 0 bridgehead atoms. The summed E-state index contributed by atoms with van der Waals surface area (Å²) in [5.41, 5.74) is 1.71. The van der Waals surface area contributed by atoms with Crippen LogP contribution < -0.4 is 0 Å². The summed E-state index contributed by atoms with van der Waals surface area (Å²) in [6.07, 6.45) is 3.70. The fourth-order valence-corrected chi connectivity index (χ4v) is 1.47. The molecule has 0 atom stereocenters. The molecule has 0 amide bonds. The van der Waals surface area contributed by atoms with Gasteiger partial charge in [-0.1, -0.05) is 18.7 Å². The molecule has 2 heteroatoms. The lowest BCUT2D eigenvalue weighted by Crippen LogP contribution is -1.81. The summed E-state index contributed by atoms with van der Waals surface area (Å²) in [6.45, 7) is 3.65. The number of thioether (sulfide) groups is 1. The monoisotopic (exact) mass is 175 g/mol. The molecule has 1 rings (SSSR count). The van der Waals surface area contributed by atoms with Gasteiger partial charge in [0.1, 0.15) is 6.07 Å². The van der Waals surface area contributed by atoms with E-state index in [0.29, 0.717) is 0 Å². The van der Waals surface area contributed by atoms with E-state index in [4.69, 9.17) is 5.26 Å². The van der Waals surface area contributed by atoms with Gasteiger partial charge in [-0.25, -0.2) is 0 Å². The second kappa shape index (κ2) is 3.99. The van der Waals surface area contributed by atoms with Gasteiger partial charge in [-0.2, -0.15) is 5.26 Å². The maximum absolute atomic E-state index is 8.77. The Bertz CT molecular complexity index is 336. The fourth-order valence-electron chi connectivity index (χ4n) is 0.940. The van der Waals surface area contributed by atoms with Crippen LogP contribution in [0.4, 0.5) is 0 Å². The molecule has 0 saturated carbocycles. The second-order valence-corrected chi connectivity index (χ2v) is 3.12. The van der Waals surface area contributed by atoms with Crippen LogP contribution in [0.25, 0.3) is 6.08 Å². The van der Waals surface area contributed by atoms with Crippen LogP contribution in [0.3, 0.4) is 0 Å². The molecule has 0 spiro atoms. The van der Waals surface area contributed by atoms with Crippen LogP contribution in [0.2, 0.25) is 0 Å².